The van der Waals surface area contributed by atoms with Gasteiger partial charge >= 0.3 is 5.97 Å². The molecule has 0 amide bonds. The minimum atomic E-state index is -1.06. The Kier molecular flexibility index (Phi) is 8.72. The van der Waals surface area contributed by atoms with Crippen molar-refractivity contribution in [3.05, 3.63) is 71.8 Å². The van der Waals surface area contributed by atoms with Gasteiger partial charge in [0.05, 0.1) is 13.0 Å². The van der Waals surface area contributed by atoms with Crippen LogP contribution in [0.15, 0.2) is 70.6 Å². The third-order valence-corrected chi connectivity index (χ3v) is 4.66. The molecule has 0 aliphatic rings. The number of carbonyl (C=O) groups excluding carboxylic acids is 1. The van der Waals surface area contributed by atoms with Gasteiger partial charge in [0.15, 0.2) is 5.54 Å². The van der Waals surface area contributed by atoms with Crippen LogP contribution in [0.5, 0.6) is 0 Å². The molecule has 2 rings (SSSR count). The number of hydrogen-bond acceptors (Lipinski definition) is 4. The minimum absolute atomic E-state index is 0.0797. The number of halogens is 1. The molecule has 0 saturated carbocycles. The van der Waals surface area contributed by atoms with E-state index >= 15 is 0 Å². The number of ether oxygens (including phenoxy) is 1. The summed E-state index contributed by atoms with van der Waals surface area (Å²) in [5, 5.41) is 0. The molecule has 0 aliphatic heterocycles. The Morgan fingerprint density at radius 2 is 1.59 bits per heavy atom. The summed E-state index contributed by atoms with van der Waals surface area (Å²) in [5.41, 5.74) is 0.938. The van der Waals surface area contributed by atoms with Crippen molar-refractivity contribution >= 4 is 30.0 Å². The van der Waals surface area contributed by atoms with E-state index in [0.717, 1.165) is 24.0 Å². The Morgan fingerprint density at radius 3 is 2.15 bits per heavy atom. The van der Waals surface area contributed by atoms with Crippen LogP contribution in [-0.4, -0.2) is 43.5 Å². The lowest BCUT2D eigenvalue weighted by molar-refractivity contribution is -0.146. The van der Waals surface area contributed by atoms with E-state index in [4.69, 9.17) is 16.3 Å². The Balaban J connectivity index is 1.93. The fourth-order valence-electron chi connectivity index (χ4n) is 2.63. The molecule has 2 aromatic carbocycles. The van der Waals surface area contributed by atoms with Gasteiger partial charge < -0.3 is 4.74 Å². The summed E-state index contributed by atoms with van der Waals surface area (Å²) in [6, 6.07) is 19.6. The zero-order chi connectivity index (χ0) is 19.4. The number of methoxy groups -OCH3 is 1. The molecule has 5 heteroatoms. The van der Waals surface area contributed by atoms with Gasteiger partial charge in [0.25, 0.3) is 0 Å². The van der Waals surface area contributed by atoms with Crippen LogP contribution in [0.3, 0.4) is 0 Å². The van der Waals surface area contributed by atoms with Crippen LogP contribution in [0.25, 0.3) is 0 Å². The van der Waals surface area contributed by atoms with Gasteiger partial charge in [-0.1, -0.05) is 60.7 Å². The molecule has 0 fully saturated rings. The monoisotopic (exact) mass is 384 g/mol. The molecule has 142 valence electrons. The van der Waals surface area contributed by atoms with Gasteiger partial charge in [-0.25, -0.2) is 4.79 Å². The molecular weight excluding hydrogens is 360 g/mol. The zero-order valence-corrected chi connectivity index (χ0v) is 16.3. The molecular formula is C22H25ClN2O2. The molecule has 27 heavy (non-hydrogen) atoms. The number of unbranched alkanes of at least 4 members (excludes halogenated alkanes) is 1. The third kappa shape index (κ3) is 6.65. The average molecular weight is 385 g/mol. The number of nitrogens with zero attached hydrogens (tertiary/aromatic N) is 2. The fourth-order valence-corrected chi connectivity index (χ4v) is 2.94. The number of rotatable bonds is 10. The predicted molar refractivity (Wildman–Crippen MR) is 112 cm³/mol. The molecule has 0 spiro atoms. The molecule has 0 radical (unpaired) electrons. The Hall–Kier alpha value is -2.46. The van der Waals surface area contributed by atoms with Gasteiger partial charge in [0, 0.05) is 19.0 Å². The van der Waals surface area contributed by atoms with Crippen molar-refractivity contribution in [2.45, 2.75) is 24.8 Å². The van der Waals surface area contributed by atoms with Crippen LogP contribution in [0, 0.1) is 0 Å². The Labute approximate surface area is 166 Å². The maximum Gasteiger partial charge on any atom is 0.334 e. The maximum absolute atomic E-state index is 12.3. The molecule has 0 bridgehead atoms. The van der Waals surface area contributed by atoms with Gasteiger partial charge in [-0.15, -0.1) is 11.6 Å². The van der Waals surface area contributed by atoms with E-state index in [1.165, 1.54) is 7.11 Å². The average Bonchev–Trinajstić information content (AvgIpc) is 2.74. The first-order valence-electron chi connectivity index (χ1n) is 9.00. The van der Waals surface area contributed by atoms with Gasteiger partial charge in [0.2, 0.25) is 0 Å². The third-order valence-electron chi connectivity index (χ3n) is 4.21. The summed E-state index contributed by atoms with van der Waals surface area (Å²) >= 11 is 6.14. The second-order valence-electron chi connectivity index (χ2n) is 6.23. The van der Waals surface area contributed by atoms with Gasteiger partial charge in [-0.3, -0.25) is 9.98 Å². The predicted octanol–water partition coefficient (Wildman–Crippen LogP) is 4.55. The molecule has 0 heterocycles. The summed E-state index contributed by atoms with van der Waals surface area (Å²) in [4.78, 5) is 21.3. The van der Waals surface area contributed by atoms with Gasteiger partial charge in [-0.05, 0) is 30.4 Å². The highest BCUT2D eigenvalue weighted by molar-refractivity contribution is 6.20. The topological polar surface area (TPSA) is 51.0 Å². The number of carbonyl (C=O) groups is 1. The van der Waals surface area contributed by atoms with E-state index in [1.807, 2.05) is 66.9 Å². The first-order chi connectivity index (χ1) is 13.2. The lowest BCUT2D eigenvalue weighted by Crippen LogP contribution is -2.40. The van der Waals surface area contributed by atoms with Crippen molar-refractivity contribution in [3.8, 4) is 0 Å². The molecule has 0 aromatic heterocycles. The van der Waals surface area contributed by atoms with Crippen molar-refractivity contribution in [1.29, 1.82) is 0 Å². The SMILES string of the molecule is COC(=O)C(CCl)(CCCC/N=C/c1ccccc1)/N=C/c1ccccc1. The van der Waals surface area contributed by atoms with Crippen molar-refractivity contribution in [3.63, 3.8) is 0 Å². The number of aliphatic imine (C=N–C) groups is 2. The van der Waals surface area contributed by atoms with Crippen LogP contribution >= 0.6 is 11.6 Å². The molecule has 4 nitrogen and oxygen atoms in total. The molecule has 0 saturated heterocycles. The summed E-state index contributed by atoms with van der Waals surface area (Å²) in [6.07, 6.45) is 5.70. The van der Waals surface area contributed by atoms with E-state index in [9.17, 15) is 4.79 Å². The van der Waals surface area contributed by atoms with E-state index in [1.54, 1.807) is 6.21 Å². The summed E-state index contributed by atoms with van der Waals surface area (Å²) in [5.74, 6) is -0.325. The Morgan fingerprint density at radius 1 is 1.00 bits per heavy atom. The summed E-state index contributed by atoms with van der Waals surface area (Å²) in [6.45, 7) is 0.691. The van der Waals surface area contributed by atoms with Crippen molar-refractivity contribution in [1.82, 2.24) is 0 Å². The molecule has 2 aromatic rings. The van der Waals surface area contributed by atoms with Crippen molar-refractivity contribution in [2.24, 2.45) is 9.98 Å². The normalized spacial score (nSPS) is 13.7. The highest BCUT2D eigenvalue weighted by atomic mass is 35.5. The number of alkyl halides is 1. The first-order valence-corrected chi connectivity index (χ1v) is 9.53. The summed E-state index contributed by atoms with van der Waals surface area (Å²) in [7, 11) is 1.37. The van der Waals surface area contributed by atoms with Gasteiger partial charge in [0.1, 0.15) is 0 Å². The quantitative estimate of drug-likeness (QED) is 0.261. The lowest BCUT2D eigenvalue weighted by atomic mass is 9.95. The second kappa shape index (κ2) is 11.3. The maximum atomic E-state index is 12.3. The molecule has 0 aliphatic carbocycles. The van der Waals surface area contributed by atoms with Crippen LogP contribution < -0.4 is 0 Å². The van der Waals surface area contributed by atoms with Gasteiger partial charge in [-0.2, -0.15) is 0 Å². The summed E-state index contributed by atoms with van der Waals surface area (Å²) < 4.78 is 4.96. The second-order valence-corrected chi connectivity index (χ2v) is 6.50. The number of esters is 1. The minimum Gasteiger partial charge on any atom is -0.467 e. The molecule has 0 N–H and O–H groups in total. The zero-order valence-electron chi connectivity index (χ0n) is 15.6. The highest BCUT2D eigenvalue weighted by Crippen LogP contribution is 2.23. The van der Waals surface area contributed by atoms with Crippen LogP contribution in [0.1, 0.15) is 30.4 Å². The van der Waals surface area contributed by atoms with Crippen LogP contribution in [0.4, 0.5) is 0 Å². The van der Waals surface area contributed by atoms with E-state index < -0.39 is 11.5 Å². The van der Waals surface area contributed by atoms with Crippen molar-refractivity contribution in [2.75, 3.05) is 19.5 Å². The standard InChI is InChI=1S/C22H25ClN2O2/c1-27-21(26)22(18-23,25-17-20-12-6-3-7-13-20)14-8-9-15-24-16-19-10-4-2-5-11-19/h2-7,10-13,16-17H,8-9,14-15,18H2,1H3/b24-16+,25-17+. The largest absolute Gasteiger partial charge is 0.467 e. The smallest absolute Gasteiger partial charge is 0.334 e. The number of benzene rings is 2. The first kappa shape index (κ1) is 20.8. The van der Waals surface area contributed by atoms with E-state index in [0.29, 0.717) is 13.0 Å². The van der Waals surface area contributed by atoms with Crippen molar-refractivity contribution < 1.29 is 9.53 Å². The van der Waals surface area contributed by atoms with E-state index in [2.05, 4.69) is 9.98 Å². The Bertz CT molecular complexity index is 747. The molecule has 1 unspecified atom stereocenters. The van der Waals surface area contributed by atoms with Crippen LogP contribution in [0.2, 0.25) is 0 Å². The van der Waals surface area contributed by atoms with Crippen LogP contribution in [-0.2, 0) is 9.53 Å². The molecule has 1 atom stereocenters. The van der Waals surface area contributed by atoms with E-state index in [-0.39, 0.29) is 5.88 Å². The fraction of sp³-hybridized carbons (Fsp3) is 0.318. The highest BCUT2D eigenvalue weighted by Gasteiger charge is 2.37. The number of hydrogen-bond donors (Lipinski definition) is 0. The lowest BCUT2D eigenvalue weighted by Gasteiger charge is -2.24.